The monoisotopic (exact) mass is 239 g/mol. The average Bonchev–Trinajstić information content (AvgIpc) is 2.61. The van der Waals surface area contributed by atoms with Crippen molar-refractivity contribution in [1.29, 1.82) is 0 Å². The molecule has 0 saturated heterocycles. The summed E-state index contributed by atoms with van der Waals surface area (Å²) in [6.07, 6.45) is 0.750. The van der Waals surface area contributed by atoms with Crippen molar-refractivity contribution < 1.29 is 4.74 Å². The second kappa shape index (κ2) is 4.72. The Morgan fingerprint density at radius 1 is 1.50 bits per heavy atom. The van der Waals surface area contributed by atoms with Crippen molar-refractivity contribution in [2.45, 2.75) is 13.3 Å². The molecule has 0 spiro atoms. The van der Waals surface area contributed by atoms with Gasteiger partial charge in [-0.25, -0.2) is 4.98 Å². The molecule has 0 aliphatic carbocycles. The molecular formula is C11H14ClN3O. The number of hydrogen-bond donors (Lipinski definition) is 2. The molecule has 0 radical (unpaired) electrons. The number of nitrogens with zero attached hydrogens (tertiary/aromatic N) is 1. The van der Waals surface area contributed by atoms with Crippen LogP contribution < -0.4 is 5.73 Å². The molecule has 0 atom stereocenters. The van der Waals surface area contributed by atoms with Crippen molar-refractivity contribution in [2.75, 3.05) is 18.9 Å². The first kappa shape index (κ1) is 11.2. The topological polar surface area (TPSA) is 63.9 Å². The number of imidazole rings is 1. The van der Waals surface area contributed by atoms with Crippen LogP contribution in [-0.4, -0.2) is 23.2 Å². The molecule has 16 heavy (non-hydrogen) atoms. The fourth-order valence-corrected chi connectivity index (χ4v) is 1.82. The molecule has 1 heterocycles. The second-order valence-corrected chi connectivity index (χ2v) is 3.96. The first-order valence-corrected chi connectivity index (χ1v) is 5.60. The summed E-state index contributed by atoms with van der Waals surface area (Å²) in [4.78, 5) is 7.59. The molecule has 0 aliphatic heterocycles. The van der Waals surface area contributed by atoms with Crippen LogP contribution in [0.15, 0.2) is 12.1 Å². The maximum Gasteiger partial charge on any atom is 0.112 e. The van der Waals surface area contributed by atoms with Crippen LogP contribution in [0.2, 0.25) is 5.02 Å². The highest BCUT2D eigenvalue weighted by Crippen LogP contribution is 2.23. The Bertz CT molecular complexity index is 495. The highest BCUT2D eigenvalue weighted by Gasteiger charge is 2.06. The molecule has 86 valence electrons. The fourth-order valence-electron chi connectivity index (χ4n) is 1.59. The van der Waals surface area contributed by atoms with E-state index in [0.29, 0.717) is 23.9 Å². The van der Waals surface area contributed by atoms with Gasteiger partial charge in [-0.1, -0.05) is 11.6 Å². The number of H-pyrrole nitrogens is 1. The number of nitrogens with two attached hydrogens (primary N) is 1. The van der Waals surface area contributed by atoms with Crippen LogP contribution in [0.1, 0.15) is 12.7 Å². The molecular weight excluding hydrogens is 226 g/mol. The lowest BCUT2D eigenvalue weighted by molar-refractivity contribution is 0.149. The van der Waals surface area contributed by atoms with Crippen molar-refractivity contribution >= 4 is 28.3 Å². The highest BCUT2D eigenvalue weighted by molar-refractivity contribution is 6.31. The van der Waals surface area contributed by atoms with Crippen LogP contribution in [0.3, 0.4) is 0 Å². The number of hydrogen-bond acceptors (Lipinski definition) is 3. The molecule has 3 N–H and O–H groups in total. The second-order valence-electron chi connectivity index (χ2n) is 3.52. The Kier molecular flexibility index (Phi) is 3.31. The van der Waals surface area contributed by atoms with Gasteiger partial charge in [0, 0.05) is 18.1 Å². The number of nitrogen functional groups attached to an aromatic ring is 1. The van der Waals surface area contributed by atoms with Crippen molar-refractivity contribution in [1.82, 2.24) is 9.97 Å². The minimum absolute atomic E-state index is 0.599. The van der Waals surface area contributed by atoms with Gasteiger partial charge in [0.1, 0.15) is 11.3 Å². The minimum Gasteiger partial charge on any atom is -0.397 e. The summed E-state index contributed by atoms with van der Waals surface area (Å²) in [6.45, 7) is 3.34. The number of fused-ring (bicyclic) bond motifs is 1. The van der Waals surface area contributed by atoms with Crippen LogP contribution >= 0.6 is 11.6 Å². The molecule has 0 unspecified atom stereocenters. The number of aromatic amines is 1. The molecule has 1 aromatic carbocycles. The van der Waals surface area contributed by atoms with Crippen LogP contribution in [0.5, 0.6) is 0 Å². The van der Waals surface area contributed by atoms with E-state index in [0.717, 1.165) is 23.3 Å². The Hall–Kier alpha value is -1.26. The summed E-state index contributed by atoms with van der Waals surface area (Å²) in [5, 5.41) is 0.616. The van der Waals surface area contributed by atoms with Gasteiger partial charge in [0.2, 0.25) is 0 Å². The largest absolute Gasteiger partial charge is 0.397 e. The molecule has 0 amide bonds. The summed E-state index contributed by atoms with van der Waals surface area (Å²) in [7, 11) is 0. The lowest BCUT2D eigenvalue weighted by Crippen LogP contribution is -1.99. The van der Waals surface area contributed by atoms with Crippen LogP contribution in [0.25, 0.3) is 11.0 Å². The Morgan fingerprint density at radius 3 is 3.06 bits per heavy atom. The van der Waals surface area contributed by atoms with Gasteiger partial charge in [-0.15, -0.1) is 0 Å². The van der Waals surface area contributed by atoms with Gasteiger partial charge in [-0.3, -0.25) is 0 Å². The third kappa shape index (κ3) is 2.28. The van der Waals surface area contributed by atoms with E-state index in [1.54, 1.807) is 6.07 Å². The summed E-state index contributed by atoms with van der Waals surface area (Å²) in [6, 6.07) is 3.53. The Labute approximate surface area is 98.8 Å². The predicted molar refractivity (Wildman–Crippen MR) is 65.7 cm³/mol. The number of ether oxygens (including phenoxy) is 1. The molecule has 1 aromatic heterocycles. The van der Waals surface area contributed by atoms with Crippen molar-refractivity contribution in [3.63, 3.8) is 0 Å². The van der Waals surface area contributed by atoms with Crippen molar-refractivity contribution in [2.24, 2.45) is 0 Å². The van der Waals surface area contributed by atoms with E-state index in [2.05, 4.69) is 9.97 Å². The van der Waals surface area contributed by atoms with E-state index >= 15 is 0 Å². The van der Waals surface area contributed by atoms with Crippen molar-refractivity contribution in [3.05, 3.63) is 23.0 Å². The number of anilines is 1. The van der Waals surface area contributed by atoms with Crippen LogP contribution in [-0.2, 0) is 11.2 Å². The van der Waals surface area contributed by atoms with E-state index < -0.39 is 0 Å². The number of rotatable bonds is 4. The number of nitrogens with one attached hydrogen (secondary N) is 1. The van der Waals surface area contributed by atoms with E-state index in [1.807, 2.05) is 13.0 Å². The first-order valence-electron chi connectivity index (χ1n) is 5.22. The number of aromatic nitrogens is 2. The minimum atomic E-state index is 0.599. The van der Waals surface area contributed by atoms with Gasteiger partial charge in [-0.2, -0.15) is 0 Å². The SMILES string of the molecule is CCOCCc1nc2c(N)cc(Cl)cc2[nH]1. The quantitative estimate of drug-likeness (QED) is 0.636. The lowest BCUT2D eigenvalue weighted by Gasteiger charge is -1.96. The van der Waals surface area contributed by atoms with E-state index in [1.165, 1.54) is 0 Å². The molecule has 0 aliphatic rings. The van der Waals surface area contributed by atoms with Gasteiger partial charge >= 0.3 is 0 Å². The summed E-state index contributed by atoms with van der Waals surface area (Å²) in [5.41, 5.74) is 8.07. The van der Waals surface area contributed by atoms with Gasteiger partial charge in [-0.05, 0) is 19.1 Å². The molecule has 2 rings (SSSR count). The predicted octanol–water partition coefficient (Wildman–Crippen LogP) is 2.38. The number of halogens is 1. The maximum atomic E-state index is 5.91. The van der Waals surface area contributed by atoms with Crippen LogP contribution in [0.4, 0.5) is 5.69 Å². The van der Waals surface area contributed by atoms with Gasteiger partial charge in [0.25, 0.3) is 0 Å². The Morgan fingerprint density at radius 2 is 2.31 bits per heavy atom. The zero-order valence-corrected chi connectivity index (χ0v) is 9.84. The standard InChI is InChI=1S/C11H14ClN3O/c1-2-16-4-3-10-14-9-6-7(12)5-8(13)11(9)15-10/h5-6H,2-4,13H2,1H3,(H,14,15). The lowest BCUT2D eigenvalue weighted by atomic mass is 10.3. The first-order chi connectivity index (χ1) is 7.70. The molecule has 2 aromatic rings. The third-order valence-electron chi connectivity index (χ3n) is 2.32. The fraction of sp³-hybridized carbons (Fsp3) is 0.364. The van der Waals surface area contributed by atoms with E-state index in [9.17, 15) is 0 Å². The van der Waals surface area contributed by atoms with E-state index in [4.69, 9.17) is 22.1 Å². The Balaban J connectivity index is 2.26. The molecule has 4 nitrogen and oxygen atoms in total. The van der Waals surface area contributed by atoms with Crippen molar-refractivity contribution in [3.8, 4) is 0 Å². The molecule has 0 fully saturated rings. The summed E-state index contributed by atoms with van der Waals surface area (Å²) in [5.74, 6) is 0.873. The maximum absolute atomic E-state index is 5.91. The van der Waals surface area contributed by atoms with Gasteiger partial charge in [0.15, 0.2) is 0 Å². The average molecular weight is 240 g/mol. The van der Waals surface area contributed by atoms with Gasteiger partial charge in [0.05, 0.1) is 17.8 Å². The van der Waals surface area contributed by atoms with Crippen LogP contribution in [0, 0.1) is 0 Å². The summed E-state index contributed by atoms with van der Waals surface area (Å²) < 4.78 is 5.27. The zero-order valence-electron chi connectivity index (χ0n) is 9.09. The van der Waals surface area contributed by atoms with E-state index in [-0.39, 0.29) is 0 Å². The molecule has 0 bridgehead atoms. The third-order valence-corrected chi connectivity index (χ3v) is 2.54. The molecule has 5 heteroatoms. The smallest absolute Gasteiger partial charge is 0.112 e. The summed E-state index contributed by atoms with van der Waals surface area (Å²) >= 11 is 5.91. The molecule has 0 saturated carbocycles. The number of benzene rings is 1. The highest BCUT2D eigenvalue weighted by atomic mass is 35.5. The van der Waals surface area contributed by atoms with Gasteiger partial charge < -0.3 is 15.5 Å². The zero-order chi connectivity index (χ0) is 11.5. The normalized spacial score (nSPS) is 11.1.